The molecule has 0 aliphatic carbocycles. The van der Waals surface area contributed by atoms with E-state index >= 15 is 0 Å². The van der Waals surface area contributed by atoms with E-state index in [0.29, 0.717) is 0 Å². The SMILES string of the molecule is c1ccc(-c2ccc(-c3cc(-c4cccc(-c5nc6ccccn6c5-c5ccccc5)c4)cc(-c4cc5ccccc5c5ccccc45)c3)c(-c3ccccc3)n2)cc1. The number of rotatable bonds is 7. The molecule has 11 aromatic rings. The summed E-state index contributed by atoms with van der Waals surface area (Å²) >= 11 is 0. The molecular weight excluding hydrogens is 715 g/mol. The first-order chi connectivity index (χ1) is 29.2. The zero-order valence-corrected chi connectivity index (χ0v) is 32.2. The molecule has 3 heteroatoms. The van der Waals surface area contributed by atoms with Gasteiger partial charge < -0.3 is 0 Å². The highest BCUT2D eigenvalue weighted by atomic mass is 15.0. The summed E-state index contributed by atoms with van der Waals surface area (Å²) in [5.74, 6) is 0. The number of imidazole rings is 1. The van der Waals surface area contributed by atoms with Gasteiger partial charge in [0.15, 0.2) is 0 Å². The Morgan fingerprint density at radius 3 is 1.66 bits per heavy atom. The van der Waals surface area contributed by atoms with Crippen molar-refractivity contribution in [2.75, 3.05) is 0 Å². The zero-order chi connectivity index (χ0) is 39.1. The minimum atomic E-state index is 0.916. The van der Waals surface area contributed by atoms with Crippen LogP contribution in [-0.2, 0) is 0 Å². The molecule has 3 nitrogen and oxygen atoms in total. The van der Waals surface area contributed by atoms with Crippen LogP contribution in [0.5, 0.6) is 0 Å². The van der Waals surface area contributed by atoms with Gasteiger partial charge in [-0.2, -0.15) is 0 Å². The molecule has 0 unspecified atom stereocenters. The molecule has 0 amide bonds. The number of hydrogen-bond donors (Lipinski definition) is 0. The Labute approximate surface area is 343 Å². The highest BCUT2D eigenvalue weighted by Gasteiger charge is 2.19. The standard InChI is InChI=1S/C56H37N3/c1-4-17-38(18-5-1)52-31-30-48(54(57-52)39-19-6-2-7-20-39)45-34-44(35-46(36-45)51-37-42-23-10-11-26-47(42)49-27-12-13-28-50(49)51)41-24-16-25-43(33-41)55-56(40-21-8-3-9-22-40)59-32-15-14-29-53(59)58-55/h1-37H. The number of benzene rings is 8. The molecule has 0 saturated heterocycles. The van der Waals surface area contributed by atoms with Gasteiger partial charge in [-0.15, -0.1) is 0 Å². The van der Waals surface area contributed by atoms with E-state index < -0.39 is 0 Å². The van der Waals surface area contributed by atoms with E-state index in [0.717, 1.165) is 78.5 Å². The number of hydrogen-bond acceptors (Lipinski definition) is 2. The van der Waals surface area contributed by atoms with Crippen LogP contribution in [0.15, 0.2) is 225 Å². The van der Waals surface area contributed by atoms with Crippen molar-refractivity contribution in [1.29, 1.82) is 0 Å². The summed E-state index contributed by atoms with van der Waals surface area (Å²) in [5, 5.41) is 4.94. The van der Waals surface area contributed by atoms with E-state index in [1.165, 1.54) is 27.1 Å². The lowest BCUT2D eigenvalue weighted by atomic mass is 9.88. The van der Waals surface area contributed by atoms with Crippen molar-refractivity contribution in [1.82, 2.24) is 14.4 Å². The summed E-state index contributed by atoms with van der Waals surface area (Å²) in [6.45, 7) is 0. The quantitative estimate of drug-likeness (QED) is 0.152. The fraction of sp³-hybridized carbons (Fsp3) is 0. The van der Waals surface area contributed by atoms with Crippen molar-refractivity contribution in [2.24, 2.45) is 0 Å². The third kappa shape index (κ3) is 6.26. The molecule has 3 aromatic heterocycles. The summed E-state index contributed by atoms with van der Waals surface area (Å²) in [5.41, 5.74) is 15.9. The lowest BCUT2D eigenvalue weighted by Crippen LogP contribution is -1.94. The van der Waals surface area contributed by atoms with Crippen LogP contribution >= 0.6 is 0 Å². The molecule has 0 atom stereocenters. The van der Waals surface area contributed by atoms with E-state index in [2.05, 4.69) is 217 Å². The van der Waals surface area contributed by atoms with Crippen molar-refractivity contribution < 1.29 is 0 Å². The normalized spacial score (nSPS) is 11.4. The highest BCUT2D eigenvalue weighted by Crippen LogP contribution is 2.42. The van der Waals surface area contributed by atoms with Gasteiger partial charge >= 0.3 is 0 Å². The third-order valence-electron chi connectivity index (χ3n) is 11.4. The molecule has 0 fully saturated rings. The minimum absolute atomic E-state index is 0.916. The van der Waals surface area contributed by atoms with Gasteiger partial charge in [0.1, 0.15) is 5.65 Å². The van der Waals surface area contributed by atoms with Gasteiger partial charge in [-0.05, 0) is 97.9 Å². The molecule has 0 saturated carbocycles. The summed E-state index contributed by atoms with van der Waals surface area (Å²) < 4.78 is 2.19. The van der Waals surface area contributed by atoms with Crippen molar-refractivity contribution >= 4 is 27.2 Å². The zero-order valence-electron chi connectivity index (χ0n) is 32.2. The van der Waals surface area contributed by atoms with Crippen molar-refractivity contribution in [2.45, 2.75) is 0 Å². The lowest BCUT2D eigenvalue weighted by Gasteiger charge is -2.17. The van der Waals surface area contributed by atoms with Gasteiger partial charge in [-0.3, -0.25) is 4.40 Å². The second-order valence-electron chi connectivity index (χ2n) is 15.0. The Bertz CT molecular complexity index is 3310. The molecule has 59 heavy (non-hydrogen) atoms. The summed E-state index contributed by atoms with van der Waals surface area (Å²) in [6.07, 6.45) is 2.10. The molecule has 0 radical (unpaired) electrons. The number of aromatic nitrogens is 3. The summed E-state index contributed by atoms with van der Waals surface area (Å²) in [6, 6.07) is 77.9. The Balaban J connectivity index is 1.16. The van der Waals surface area contributed by atoms with Gasteiger partial charge in [-0.25, -0.2) is 9.97 Å². The van der Waals surface area contributed by atoms with Gasteiger partial charge in [0.25, 0.3) is 0 Å². The van der Waals surface area contributed by atoms with Gasteiger partial charge in [0, 0.05) is 34.0 Å². The van der Waals surface area contributed by atoms with E-state index in [9.17, 15) is 0 Å². The van der Waals surface area contributed by atoms with Crippen LogP contribution in [0.3, 0.4) is 0 Å². The summed E-state index contributed by atoms with van der Waals surface area (Å²) in [7, 11) is 0. The molecule has 0 N–H and O–H groups in total. The van der Waals surface area contributed by atoms with Crippen LogP contribution in [0.2, 0.25) is 0 Å². The molecule has 0 aliphatic rings. The van der Waals surface area contributed by atoms with Gasteiger partial charge in [-0.1, -0.05) is 170 Å². The van der Waals surface area contributed by atoms with Gasteiger partial charge in [0.05, 0.1) is 22.8 Å². The molecule has 276 valence electrons. The van der Waals surface area contributed by atoms with Crippen molar-refractivity contribution in [3.05, 3.63) is 225 Å². The number of fused-ring (bicyclic) bond motifs is 4. The maximum atomic E-state index is 5.39. The minimum Gasteiger partial charge on any atom is -0.299 e. The Hall–Kier alpha value is -7.88. The van der Waals surface area contributed by atoms with E-state index in [4.69, 9.17) is 9.97 Å². The predicted molar refractivity (Wildman–Crippen MR) is 246 cm³/mol. The fourth-order valence-electron chi connectivity index (χ4n) is 8.59. The first kappa shape index (κ1) is 34.4. The topological polar surface area (TPSA) is 30.2 Å². The molecule has 0 aliphatic heterocycles. The van der Waals surface area contributed by atoms with Crippen LogP contribution in [0, 0.1) is 0 Å². The van der Waals surface area contributed by atoms with E-state index in [1.54, 1.807) is 0 Å². The average molecular weight is 752 g/mol. The largest absolute Gasteiger partial charge is 0.299 e. The number of pyridine rings is 2. The maximum Gasteiger partial charge on any atom is 0.137 e. The first-order valence-electron chi connectivity index (χ1n) is 20.1. The van der Waals surface area contributed by atoms with E-state index in [1.807, 2.05) is 12.1 Å². The number of nitrogens with zero attached hydrogens (tertiary/aromatic N) is 3. The van der Waals surface area contributed by atoms with E-state index in [-0.39, 0.29) is 0 Å². The monoisotopic (exact) mass is 751 g/mol. The summed E-state index contributed by atoms with van der Waals surface area (Å²) in [4.78, 5) is 10.6. The molecule has 0 spiro atoms. The van der Waals surface area contributed by atoms with Crippen molar-refractivity contribution in [3.63, 3.8) is 0 Å². The Morgan fingerprint density at radius 2 is 0.881 bits per heavy atom. The molecule has 3 heterocycles. The predicted octanol–water partition coefficient (Wildman–Crippen LogP) is 14.7. The van der Waals surface area contributed by atoms with Crippen LogP contribution < -0.4 is 0 Å². The first-order valence-corrected chi connectivity index (χ1v) is 20.1. The highest BCUT2D eigenvalue weighted by molar-refractivity contribution is 6.14. The van der Waals surface area contributed by atoms with Crippen LogP contribution in [-0.4, -0.2) is 14.4 Å². The Kier molecular flexibility index (Phi) is 8.49. The maximum absolute atomic E-state index is 5.39. The second kappa shape index (κ2) is 14.6. The average Bonchev–Trinajstić information content (AvgIpc) is 3.72. The van der Waals surface area contributed by atoms with Crippen LogP contribution in [0.25, 0.3) is 106 Å². The molecule has 11 rings (SSSR count). The second-order valence-corrected chi connectivity index (χ2v) is 15.0. The van der Waals surface area contributed by atoms with Crippen LogP contribution in [0.4, 0.5) is 0 Å². The van der Waals surface area contributed by atoms with Crippen LogP contribution in [0.1, 0.15) is 0 Å². The molecular formula is C56H37N3. The van der Waals surface area contributed by atoms with Crippen molar-refractivity contribution in [3.8, 4) is 78.4 Å². The van der Waals surface area contributed by atoms with Gasteiger partial charge in [0.2, 0.25) is 0 Å². The molecule has 8 aromatic carbocycles. The smallest absolute Gasteiger partial charge is 0.137 e. The lowest BCUT2D eigenvalue weighted by molar-refractivity contribution is 1.19. The fourth-order valence-corrected chi connectivity index (χ4v) is 8.59. The Morgan fingerprint density at radius 1 is 0.305 bits per heavy atom. The third-order valence-corrected chi connectivity index (χ3v) is 11.4. The molecule has 0 bridgehead atoms.